The van der Waals surface area contributed by atoms with Crippen LogP contribution in [0.2, 0.25) is 0 Å². The van der Waals surface area contributed by atoms with Gasteiger partial charge in [0.05, 0.1) is 0 Å². The normalized spacial score (nSPS) is 1.20. The molecule has 0 saturated carbocycles. The molecule has 0 amide bonds. The Labute approximate surface area is 45.1 Å². The molecule has 5 heteroatoms. The molecule has 0 heterocycles. The van der Waals surface area contributed by atoms with Gasteiger partial charge in [-0.05, 0) is 0 Å². The minimum Gasteiger partial charge on any atom is -0.412 e. The summed E-state index contributed by atoms with van der Waals surface area (Å²) in [5.74, 6) is 0. The van der Waals surface area contributed by atoms with Gasteiger partial charge in [-0.3, -0.25) is 0 Å². The van der Waals surface area contributed by atoms with E-state index < -0.39 is 0 Å². The third-order valence-electron chi connectivity index (χ3n) is 0. The van der Waals surface area contributed by atoms with Crippen molar-refractivity contribution in [3.8, 4) is 0 Å². The second kappa shape index (κ2) is 101. The average Bonchev–Trinajstić information content (AvgIpc) is 1.00. The lowest BCUT2D eigenvalue weighted by atomic mass is 16.0. The summed E-state index contributed by atoms with van der Waals surface area (Å²) < 4.78 is 0. The quantitative estimate of drug-likeness (QED) is 0.505. The Morgan fingerprint density at radius 2 is 0.600 bits per heavy atom. The van der Waals surface area contributed by atoms with Crippen LogP contribution >= 0.6 is 28.3 Å². The number of hydrogen-bond donors (Lipinski definition) is 0. The summed E-state index contributed by atoms with van der Waals surface area (Å²) in [5, 5.41) is 0. The van der Waals surface area contributed by atoms with Gasteiger partial charge in [-0.1, -0.05) is 0 Å². The first kappa shape index (κ1) is 40.4. The summed E-state index contributed by atoms with van der Waals surface area (Å²) in [6, 6.07) is 0. The molecule has 0 rings (SSSR count). The van der Waals surface area contributed by atoms with Crippen molar-refractivity contribution in [2.75, 3.05) is 0 Å². The van der Waals surface area contributed by atoms with Crippen molar-refractivity contribution in [2.45, 2.75) is 0 Å². The Kier molecular flexibility index (Phi) is 817. The van der Waals surface area contributed by atoms with Crippen LogP contribution in [-0.4, -0.2) is 16.4 Å². The maximum Gasteiger partial charge on any atom is 0 e. The van der Waals surface area contributed by atoms with Gasteiger partial charge in [0.25, 0.3) is 0 Å². The monoisotopic (exact) mass is 212 g/mol. The van der Waals surface area contributed by atoms with Crippen LogP contribution in [-0.2, 0) is 0 Å². The zero-order valence-electron chi connectivity index (χ0n) is 2.26. The van der Waals surface area contributed by atoms with Crippen LogP contribution in [0.25, 0.3) is 0 Å². The fourth-order valence-electron chi connectivity index (χ4n) is 0. The SMILES string of the molecule is BrBr.O.O.O. The molecule has 0 bridgehead atoms. The van der Waals surface area contributed by atoms with Gasteiger partial charge < -0.3 is 16.4 Å². The van der Waals surface area contributed by atoms with E-state index in [0.717, 1.165) is 0 Å². The zero-order valence-corrected chi connectivity index (χ0v) is 5.43. The van der Waals surface area contributed by atoms with Crippen LogP contribution in [0.4, 0.5) is 0 Å². The molecule has 0 atom stereocenters. The number of halogens is 2. The Bertz CT molecular complexity index is 4.85. The summed E-state index contributed by atoms with van der Waals surface area (Å²) in [6.45, 7) is 0. The van der Waals surface area contributed by atoms with Gasteiger partial charge in [0.2, 0.25) is 0 Å². The van der Waals surface area contributed by atoms with E-state index in [1.165, 1.54) is 0 Å². The van der Waals surface area contributed by atoms with Crippen molar-refractivity contribution >= 4 is 28.3 Å². The first-order valence-electron chi connectivity index (χ1n) is 0.143. The van der Waals surface area contributed by atoms with Gasteiger partial charge in [0.1, 0.15) is 0 Å². The van der Waals surface area contributed by atoms with Gasteiger partial charge in [0.15, 0.2) is 0 Å². The molecule has 0 fully saturated rings. The Balaban J connectivity index is -0.00000000167. The second-order valence-electron chi connectivity index (χ2n) is 0. The third kappa shape index (κ3) is 55.3. The van der Waals surface area contributed by atoms with E-state index in [2.05, 4.69) is 28.3 Å². The van der Waals surface area contributed by atoms with E-state index in [-0.39, 0.29) is 16.4 Å². The van der Waals surface area contributed by atoms with Gasteiger partial charge in [-0.15, -0.1) is 0 Å². The molecule has 0 aliphatic rings. The molecule has 0 unspecified atom stereocenters. The van der Waals surface area contributed by atoms with Gasteiger partial charge >= 0.3 is 0 Å². The molecule has 0 aromatic carbocycles. The Hall–Kier alpha value is 0.840. The molecule has 6 N–H and O–H groups in total. The van der Waals surface area contributed by atoms with Gasteiger partial charge in [0, 0.05) is 28.3 Å². The van der Waals surface area contributed by atoms with E-state index >= 15 is 0 Å². The fraction of sp³-hybridized carbons (Fsp3) is 0. The van der Waals surface area contributed by atoms with Crippen molar-refractivity contribution in [1.29, 1.82) is 0 Å². The molecule has 0 spiro atoms. The van der Waals surface area contributed by atoms with Gasteiger partial charge in [-0.2, -0.15) is 0 Å². The maximum atomic E-state index is 2.75. The molecule has 38 valence electrons. The van der Waals surface area contributed by atoms with Crippen LogP contribution in [0, 0.1) is 0 Å². The van der Waals surface area contributed by atoms with Crippen LogP contribution in [0.5, 0.6) is 0 Å². The van der Waals surface area contributed by atoms with Crippen LogP contribution < -0.4 is 0 Å². The van der Waals surface area contributed by atoms with Crippen LogP contribution in [0.15, 0.2) is 0 Å². The summed E-state index contributed by atoms with van der Waals surface area (Å²) in [7, 11) is 0. The second-order valence-corrected chi connectivity index (χ2v) is 0. The first-order chi connectivity index (χ1) is 1.00. The molecule has 0 aromatic heterocycles. The lowest BCUT2D eigenvalue weighted by molar-refractivity contribution is 0.823. The van der Waals surface area contributed by atoms with Crippen molar-refractivity contribution in [3.63, 3.8) is 0 Å². The zero-order chi connectivity index (χ0) is 2.00. The highest BCUT2D eigenvalue weighted by atomic mass is 80.9. The van der Waals surface area contributed by atoms with Crippen LogP contribution in [0.3, 0.4) is 0 Å². The topological polar surface area (TPSA) is 94.5 Å². The minimum absolute atomic E-state index is 0. The molecule has 3 nitrogen and oxygen atoms in total. The number of rotatable bonds is 0. The summed E-state index contributed by atoms with van der Waals surface area (Å²) >= 11 is 5.50. The molecule has 0 aliphatic heterocycles. The lowest BCUT2D eigenvalue weighted by Crippen LogP contribution is -0.290. The predicted molar refractivity (Wildman–Crippen MR) is 28.7 cm³/mol. The lowest BCUT2D eigenvalue weighted by Gasteiger charge is -1.000. The molecule has 0 radical (unpaired) electrons. The molecular weight excluding hydrogens is 208 g/mol. The minimum atomic E-state index is 0. The fourth-order valence-corrected chi connectivity index (χ4v) is 0. The Morgan fingerprint density at radius 1 is 0.600 bits per heavy atom. The molecule has 0 aromatic rings. The maximum absolute atomic E-state index is 2.75. The number of hydrogen-bond acceptors (Lipinski definition) is 0. The van der Waals surface area contributed by atoms with Crippen molar-refractivity contribution in [1.82, 2.24) is 0 Å². The van der Waals surface area contributed by atoms with E-state index in [4.69, 9.17) is 0 Å². The summed E-state index contributed by atoms with van der Waals surface area (Å²) in [4.78, 5) is 0. The van der Waals surface area contributed by atoms with Crippen molar-refractivity contribution < 1.29 is 16.4 Å². The predicted octanol–water partition coefficient (Wildman–Crippen LogP) is -0.783. The van der Waals surface area contributed by atoms with Crippen LogP contribution in [0.1, 0.15) is 0 Å². The third-order valence-corrected chi connectivity index (χ3v) is 0. The largest absolute Gasteiger partial charge is 0.412 e. The standard InChI is InChI=1S/Br2.3H2O/c1-2;;;/h;3*1H2. The van der Waals surface area contributed by atoms with E-state index in [1.54, 1.807) is 0 Å². The van der Waals surface area contributed by atoms with E-state index in [1.807, 2.05) is 0 Å². The highest BCUT2D eigenvalue weighted by Gasteiger charge is 1.00. The average molecular weight is 214 g/mol. The first-order valence-corrected chi connectivity index (χ1v) is 3.86. The highest BCUT2D eigenvalue weighted by Crippen LogP contribution is 1.85. The Morgan fingerprint density at radius 3 is 0.600 bits per heavy atom. The molecule has 0 saturated heterocycles. The molecule has 0 aliphatic carbocycles. The highest BCUT2D eigenvalue weighted by molar-refractivity contribution is 9.93. The molecular formula is H6Br2O3. The van der Waals surface area contributed by atoms with Crippen molar-refractivity contribution in [3.05, 3.63) is 0 Å². The van der Waals surface area contributed by atoms with E-state index in [9.17, 15) is 0 Å². The van der Waals surface area contributed by atoms with Crippen molar-refractivity contribution in [2.24, 2.45) is 0 Å². The smallest absolute Gasteiger partial charge is 0 e. The molecule has 5 heavy (non-hydrogen) atoms. The summed E-state index contributed by atoms with van der Waals surface area (Å²) in [5.41, 5.74) is 0. The van der Waals surface area contributed by atoms with Gasteiger partial charge in [-0.25, -0.2) is 0 Å². The summed E-state index contributed by atoms with van der Waals surface area (Å²) in [6.07, 6.45) is 0. The van der Waals surface area contributed by atoms with E-state index in [0.29, 0.717) is 0 Å².